The van der Waals surface area contributed by atoms with E-state index in [2.05, 4.69) is 15.2 Å². The number of halogens is 5. The highest BCUT2D eigenvalue weighted by atomic mass is 35.5. The fourth-order valence-corrected chi connectivity index (χ4v) is 2.31. The molecule has 0 saturated heterocycles. The third-order valence-electron chi connectivity index (χ3n) is 3.57. The van der Waals surface area contributed by atoms with E-state index in [1.54, 1.807) is 18.5 Å². The molecule has 0 radical (unpaired) electrons. The summed E-state index contributed by atoms with van der Waals surface area (Å²) in [5.41, 5.74) is -0.0826. The molecule has 1 aromatic carbocycles. The molecule has 4 nitrogen and oxygen atoms in total. The van der Waals surface area contributed by atoms with Crippen molar-refractivity contribution < 1.29 is 17.6 Å². The highest BCUT2D eigenvalue weighted by molar-refractivity contribution is 5.85. The van der Waals surface area contributed by atoms with Crippen molar-refractivity contribution in [1.82, 2.24) is 19.7 Å². The Balaban J connectivity index is 0.00000225. The van der Waals surface area contributed by atoms with Gasteiger partial charge in [0, 0.05) is 18.0 Å². The van der Waals surface area contributed by atoms with Gasteiger partial charge in [-0.05, 0) is 30.7 Å². The van der Waals surface area contributed by atoms with Gasteiger partial charge < -0.3 is 4.57 Å². The number of benzene rings is 1. The third-order valence-corrected chi connectivity index (χ3v) is 3.57. The maximum Gasteiger partial charge on any atom is 0.419 e. The molecule has 0 amide bonds. The van der Waals surface area contributed by atoms with Crippen LogP contribution in [0.25, 0.3) is 11.1 Å². The Kier molecular flexibility index (Phi) is 5.42. The van der Waals surface area contributed by atoms with Crippen molar-refractivity contribution in [3.8, 4) is 11.1 Å². The van der Waals surface area contributed by atoms with Gasteiger partial charge in [0.15, 0.2) is 0 Å². The molecule has 0 aliphatic rings. The van der Waals surface area contributed by atoms with Crippen molar-refractivity contribution in [2.75, 3.05) is 0 Å². The average molecular weight is 373 g/mol. The van der Waals surface area contributed by atoms with Gasteiger partial charge in [-0.25, -0.2) is 9.37 Å². The summed E-state index contributed by atoms with van der Waals surface area (Å²) in [5, 5.41) is 7.80. The second-order valence-corrected chi connectivity index (χ2v) is 5.23. The van der Waals surface area contributed by atoms with E-state index in [4.69, 9.17) is 0 Å². The topological polar surface area (TPSA) is 43.6 Å². The van der Waals surface area contributed by atoms with E-state index < -0.39 is 17.6 Å². The fraction of sp³-hybridized carbons (Fsp3) is 0.188. The van der Waals surface area contributed by atoms with Gasteiger partial charge in [0.1, 0.15) is 11.6 Å². The highest BCUT2D eigenvalue weighted by Crippen LogP contribution is 2.34. The summed E-state index contributed by atoms with van der Waals surface area (Å²) in [6, 6.07) is 4.49. The Morgan fingerprint density at radius 2 is 1.88 bits per heavy atom. The van der Waals surface area contributed by atoms with Crippen LogP contribution in [0.1, 0.15) is 17.1 Å². The fourth-order valence-electron chi connectivity index (χ4n) is 2.31. The Labute approximate surface area is 147 Å². The van der Waals surface area contributed by atoms with Crippen molar-refractivity contribution in [1.29, 1.82) is 0 Å². The summed E-state index contributed by atoms with van der Waals surface area (Å²) in [6.07, 6.45) is 0.000492. The molecule has 0 aliphatic carbocycles. The van der Waals surface area contributed by atoms with E-state index in [1.807, 2.05) is 11.5 Å². The van der Waals surface area contributed by atoms with Crippen molar-refractivity contribution in [3.63, 3.8) is 0 Å². The van der Waals surface area contributed by atoms with Gasteiger partial charge in [0.25, 0.3) is 0 Å². The van der Waals surface area contributed by atoms with Crippen LogP contribution in [0.4, 0.5) is 17.6 Å². The van der Waals surface area contributed by atoms with Crippen LogP contribution in [0.3, 0.4) is 0 Å². The molecule has 0 bridgehead atoms. The summed E-state index contributed by atoms with van der Waals surface area (Å²) >= 11 is 0. The van der Waals surface area contributed by atoms with Crippen molar-refractivity contribution in [2.24, 2.45) is 0 Å². The largest absolute Gasteiger partial charge is 0.419 e. The van der Waals surface area contributed by atoms with Gasteiger partial charge in [-0.15, -0.1) is 12.4 Å². The zero-order valence-electron chi connectivity index (χ0n) is 13.0. The number of hydrogen-bond donors (Lipinski definition) is 0. The summed E-state index contributed by atoms with van der Waals surface area (Å²) in [6.45, 7) is 2.22. The van der Waals surface area contributed by atoms with Crippen LogP contribution < -0.4 is 0 Å². The van der Waals surface area contributed by atoms with Gasteiger partial charge in [-0.2, -0.15) is 23.4 Å². The smallest absolute Gasteiger partial charge is 0.329 e. The van der Waals surface area contributed by atoms with Crippen molar-refractivity contribution in [3.05, 3.63) is 65.8 Å². The normalized spacial score (nSPS) is 11.2. The van der Waals surface area contributed by atoms with Gasteiger partial charge in [0.2, 0.25) is 0 Å². The predicted molar refractivity (Wildman–Crippen MR) is 85.7 cm³/mol. The molecule has 2 heterocycles. The van der Waals surface area contributed by atoms with Crippen LogP contribution in [0, 0.1) is 12.7 Å². The first-order valence-electron chi connectivity index (χ1n) is 7.01. The summed E-state index contributed by atoms with van der Waals surface area (Å²) in [5.74, 6) is -0.522. The SMILES string of the molecule is Cc1nccn1Cc1cc(-c2ccc(F)c(C(F)(F)F)c2)cnn1.Cl. The maximum absolute atomic E-state index is 13.4. The number of hydrogen-bond acceptors (Lipinski definition) is 3. The lowest BCUT2D eigenvalue weighted by molar-refractivity contribution is -0.139. The molecule has 0 unspecified atom stereocenters. The van der Waals surface area contributed by atoms with Crippen molar-refractivity contribution in [2.45, 2.75) is 19.6 Å². The van der Waals surface area contributed by atoms with Gasteiger partial charge in [0.05, 0.1) is 24.0 Å². The van der Waals surface area contributed by atoms with Gasteiger partial charge in [-0.1, -0.05) is 6.07 Å². The molecule has 0 atom stereocenters. The van der Waals surface area contributed by atoms with E-state index in [0.717, 1.165) is 18.0 Å². The van der Waals surface area contributed by atoms with Gasteiger partial charge >= 0.3 is 6.18 Å². The minimum atomic E-state index is -4.75. The number of aryl methyl sites for hydroxylation is 1. The molecule has 0 spiro atoms. The van der Waals surface area contributed by atoms with Crippen LogP contribution in [-0.4, -0.2) is 19.7 Å². The average Bonchev–Trinajstić information content (AvgIpc) is 2.92. The lowest BCUT2D eigenvalue weighted by atomic mass is 10.0. The first-order valence-corrected chi connectivity index (χ1v) is 7.01. The second kappa shape index (κ2) is 7.18. The van der Waals surface area contributed by atoms with Gasteiger partial charge in [-0.3, -0.25) is 0 Å². The number of nitrogens with zero attached hydrogens (tertiary/aromatic N) is 4. The summed E-state index contributed by atoms with van der Waals surface area (Å²) in [4.78, 5) is 4.09. The van der Waals surface area contributed by atoms with E-state index in [9.17, 15) is 17.6 Å². The predicted octanol–water partition coefficient (Wildman–Crippen LogP) is 4.28. The molecule has 3 rings (SSSR count). The molecule has 0 N–H and O–H groups in total. The first-order chi connectivity index (χ1) is 11.3. The molecule has 132 valence electrons. The molecule has 3 aromatic rings. The van der Waals surface area contributed by atoms with E-state index in [-0.39, 0.29) is 18.0 Å². The Morgan fingerprint density at radius 3 is 2.52 bits per heavy atom. The molecule has 25 heavy (non-hydrogen) atoms. The molecule has 2 aromatic heterocycles. The molecule has 0 fully saturated rings. The first kappa shape index (κ1) is 18.9. The Hall–Kier alpha value is -2.48. The number of aromatic nitrogens is 4. The highest BCUT2D eigenvalue weighted by Gasteiger charge is 2.34. The van der Waals surface area contributed by atoms with Crippen LogP contribution in [-0.2, 0) is 12.7 Å². The zero-order chi connectivity index (χ0) is 17.3. The summed E-state index contributed by atoms with van der Waals surface area (Å²) in [7, 11) is 0. The lowest BCUT2D eigenvalue weighted by Gasteiger charge is -2.11. The van der Waals surface area contributed by atoms with Crippen LogP contribution in [0.15, 0.2) is 42.9 Å². The number of rotatable bonds is 3. The van der Waals surface area contributed by atoms with E-state index in [0.29, 0.717) is 17.8 Å². The van der Waals surface area contributed by atoms with E-state index in [1.165, 1.54) is 12.3 Å². The molecule has 9 heteroatoms. The molecule has 0 saturated carbocycles. The number of imidazole rings is 1. The summed E-state index contributed by atoms with van der Waals surface area (Å²) < 4.78 is 53.8. The lowest BCUT2D eigenvalue weighted by Crippen LogP contribution is -2.08. The number of alkyl halides is 3. The minimum Gasteiger partial charge on any atom is -0.329 e. The van der Waals surface area contributed by atoms with Crippen molar-refractivity contribution >= 4 is 12.4 Å². The van der Waals surface area contributed by atoms with Crippen LogP contribution in [0.5, 0.6) is 0 Å². The Bertz CT molecular complexity index is 877. The molecule has 0 aliphatic heterocycles. The molecular weight excluding hydrogens is 360 g/mol. The minimum absolute atomic E-state index is 0. The Morgan fingerprint density at radius 1 is 1.12 bits per heavy atom. The molecular formula is C16H13ClF4N4. The maximum atomic E-state index is 13.4. The third kappa shape index (κ3) is 4.14. The van der Waals surface area contributed by atoms with E-state index >= 15 is 0 Å². The second-order valence-electron chi connectivity index (χ2n) is 5.23. The van der Waals surface area contributed by atoms with Crippen LogP contribution >= 0.6 is 12.4 Å². The quantitative estimate of drug-likeness (QED) is 0.645. The van der Waals surface area contributed by atoms with Crippen LogP contribution in [0.2, 0.25) is 0 Å². The standard InChI is InChI=1S/C16H12F4N4.ClH/c1-10-21-4-5-24(10)9-13-6-12(8-22-23-13)11-2-3-15(17)14(7-11)16(18,19)20;/h2-8H,9H2,1H3;1H. The monoisotopic (exact) mass is 372 g/mol. The zero-order valence-corrected chi connectivity index (χ0v) is 13.8.